The number of benzene rings is 1. The van der Waals surface area contributed by atoms with Gasteiger partial charge in [0.25, 0.3) is 5.91 Å². The summed E-state index contributed by atoms with van der Waals surface area (Å²) in [5.41, 5.74) is 1.42. The molecule has 1 atom stereocenters. The van der Waals surface area contributed by atoms with Crippen LogP contribution < -0.4 is 10.1 Å². The molecule has 2 aromatic rings. The second-order valence-corrected chi connectivity index (χ2v) is 9.81. The SMILES string of the molecule is C=CC(=O)N1CC[C@@H](N(C)C(=O)c2cc(Sc3cnc(NC(C)=O)s3)c(C)cc2OC)C1. The number of likely N-dealkylation sites (N-methyl/N-ethyl adjacent to an activating group) is 1. The van der Waals surface area contributed by atoms with Gasteiger partial charge in [0.2, 0.25) is 11.8 Å². The monoisotopic (exact) mass is 474 g/mol. The average Bonchev–Trinajstić information content (AvgIpc) is 3.42. The lowest BCUT2D eigenvalue weighted by atomic mass is 10.1. The largest absolute Gasteiger partial charge is 0.496 e. The Balaban J connectivity index is 1.82. The minimum Gasteiger partial charge on any atom is -0.496 e. The first-order valence-corrected chi connectivity index (χ1v) is 11.6. The maximum atomic E-state index is 13.4. The average molecular weight is 475 g/mol. The van der Waals surface area contributed by atoms with Crippen molar-refractivity contribution in [3.63, 3.8) is 0 Å². The highest BCUT2D eigenvalue weighted by Crippen LogP contribution is 2.38. The van der Waals surface area contributed by atoms with E-state index >= 15 is 0 Å². The minimum atomic E-state index is -0.173. The topological polar surface area (TPSA) is 91.8 Å². The van der Waals surface area contributed by atoms with E-state index in [0.29, 0.717) is 36.0 Å². The number of aryl methyl sites for hydroxylation is 1. The number of anilines is 1. The van der Waals surface area contributed by atoms with Crippen molar-refractivity contribution < 1.29 is 19.1 Å². The number of nitrogens with zero attached hydrogens (tertiary/aromatic N) is 3. The Morgan fingerprint density at radius 3 is 2.81 bits per heavy atom. The van der Waals surface area contributed by atoms with E-state index < -0.39 is 0 Å². The Hall–Kier alpha value is -2.85. The van der Waals surface area contributed by atoms with E-state index in [0.717, 1.165) is 14.7 Å². The lowest BCUT2D eigenvalue weighted by molar-refractivity contribution is -0.125. The van der Waals surface area contributed by atoms with Gasteiger partial charge in [-0.2, -0.15) is 0 Å². The first-order valence-electron chi connectivity index (χ1n) is 10.0. The molecule has 1 aliphatic heterocycles. The van der Waals surface area contributed by atoms with Gasteiger partial charge < -0.3 is 19.9 Å². The number of hydrogen-bond acceptors (Lipinski definition) is 7. The number of thiazole rings is 1. The summed E-state index contributed by atoms with van der Waals surface area (Å²) in [7, 11) is 3.30. The summed E-state index contributed by atoms with van der Waals surface area (Å²) in [6.45, 7) is 8.00. The Bertz CT molecular complexity index is 1050. The van der Waals surface area contributed by atoms with Crippen molar-refractivity contribution >= 4 is 46.0 Å². The maximum absolute atomic E-state index is 13.4. The van der Waals surface area contributed by atoms with Gasteiger partial charge in [-0.1, -0.05) is 29.7 Å². The molecule has 32 heavy (non-hydrogen) atoms. The normalized spacial score (nSPS) is 15.4. The molecular formula is C22H26N4O4S2. The fourth-order valence-corrected chi connectivity index (χ4v) is 5.46. The molecular weight excluding hydrogens is 448 g/mol. The van der Waals surface area contributed by atoms with E-state index in [2.05, 4.69) is 16.9 Å². The molecule has 3 rings (SSSR count). The number of amides is 3. The third-order valence-electron chi connectivity index (χ3n) is 5.22. The first kappa shape index (κ1) is 23.8. The number of carbonyl (C=O) groups is 3. The highest BCUT2D eigenvalue weighted by molar-refractivity contribution is 8.01. The van der Waals surface area contributed by atoms with Crippen molar-refractivity contribution in [1.82, 2.24) is 14.8 Å². The summed E-state index contributed by atoms with van der Waals surface area (Å²) in [5.74, 6) is 0.0460. The molecule has 0 saturated carbocycles. The first-order chi connectivity index (χ1) is 15.2. The van der Waals surface area contributed by atoms with E-state index in [4.69, 9.17) is 4.74 Å². The zero-order valence-corrected chi connectivity index (χ0v) is 20.1. The van der Waals surface area contributed by atoms with Crippen LogP contribution in [0.15, 0.2) is 40.1 Å². The fraction of sp³-hybridized carbons (Fsp3) is 0.364. The molecule has 1 aromatic heterocycles. The Labute approximate surface area is 195 Å². The Morgan fingerprint density at radius 2 is 2.16 bits per heavy atom. The molecule has 3 amide bonds. The quantitative estimate of drug-likeness (QED) is 0.618. The van der Waals surface area contributed by atoms with Gasteiger partial charge in [0.05, 0.1) is 29.1 Å². The molecule has 8 nitrogen and oxygen atoms in total. The van der Waals surface area contributed by atoms with Gasteiger partial charge in [0, 0.05) is 32.0 Å². The van der Waals surface area contributed by atoms with Gasteiger partial charge in [-0.3, -0.25) is 14.4 Å². The number of carbonyl (C=O) groups excluding carboxylic acids is 3. The molecule has 0 unspecified atom stereocenters. The molecule has 1 N–H and O–H groups in total. The van der Waals surface area contributed by atoms with Gasteiger partial charge in [0.1, 0.15) is 5.75 Å². The van der Waals surface area contributed by atoms with E-state index in [1.54, 1.807) is 30.2 Å². The van der Waals surface area contributed by atoms with Crippen molar-refractivity contribution in [1.29, 1.82) is 0 Å². The summed E-state index contributed by atoms with van der Waals surface area (Å²) in [6, 6.07) is 3.61. The van der Waals surface area contributed by atoms with Crippen molar-refractivity contribution in [3.8, 4) is 5.75 Å². The van der Waals surface area contributed by atoms with Crippen LogP contribution in [0.5, 0.6) is 5.75 Å². The van der Waals surface area contributed by atoms with Crippen molar-refractivity contribution in [2.45, 2.75) is 35.4 Å². The number of aromatic nitrogens is 1. The second-order valence-electron chi connectivity index (χ2n) is 7.43. The summed E-state index contributed by atoms with van der Waals surface area (Å²) in [4.78, 5) is 45.0. The van der Waals surface area contributed by atoms with E-state index in [9.17, 15) is 14.4 Å². The minimum absolute atomic E-state index is 0.0739. The molecule has 2 heterocycles. The second kappa shape index (κ2) is 10.2. The number of nitrogens with one attached hydrogen (secondary N) is 1. The van der Waals surface area contributed by atoms with Crippen molar-refractivity contribution in [2.24, 2.45) is 0 Å². The molecule has 0 bridgehead atoms. The molecule has 170 valence electrons. The standard InChI is InChI=1S/C22H26N4O4S2/c1-6-19(28)26-8-7-15(12-26)25(4)21(29)16-10-18(13(2)9-17(16)30-5)31-20-11-23-22(32-20)24-14(3)27/h6,9-11,15H,1,7-8,12H2,2-5H3,(H,23,24,27)/t15-/m1/s1. The summed E-state index contributed by atoms with van der Waals surface area (Å²) < 4.78 is 6.39. The van der Waals surface area contributed by atoms with Gasteiger partial charge in [0.15, 0.2) is 5.13 Å². The molecule has 1 saturated heterocycles. The molecule has 1 aliphatic rings. The summed E-state index contributed by atoms with van der Waals surface area (Å²) >= 11 is 2.85. The lowest BCUT2D eigenvalue weighted by Gasteiger charge is -2.26. The van der Waals surface area contributed by atoms with Gasteiger partial charge in [-0.15, -0.1) is 0 Å². The third-order valence-corrected chi connectivity index (χ3v) is 7.40. The molecule has 0 aliphatic carbocycles. The molecule has 1 aromatic carbocycles. The molecule has 1 fully saturated rings. The van der Waals surface area contributed by atoms with Crippen LogP contribution in [0, 0.1) is 6.92 Å². The molecule has 0 radical (unpaired) electrons. The van der Waals surface area contributed by atoms with Crippen LogP contribution in [0.3, 0.4) is 0 Å². The van der Waals surface area contributed by atoms with Crippen LogP contribution in [0.2, 0.25) is 0 Å². The number of rotatable bonds is 7. The van der Waals surface area contributed by atoms with Crippen LogP contribution in [-0.4, -0.2) is 65.8 Å². The smallest absolute Gasteiger partial charge is 0.257 e. The molecule has 0 spiro atoms. The summed E-state index contributed by atoms with van der Waals surface area (Å²) in [5, 5.41) is 3.21. The number of ether oxygens (including phenoxy) is 1. The van der Waals surface area contributed by atoms with Crippen molar-refractivity contribution in [3.05, 3.63) is 42.1 Å². The van der Waals surface area contributed by atoms with E-state index in [1.807, 2.05) is 19.1 Å². The van der Waals surface area contributed by atoms with Gasteiger partial charge >= 0.3 is 0 Å². The highest BCUT2D eigenvalue weighted by Gasteiger charge is 2.31. The number of likely N-dealkylation sites (tertiary alicyclic amines) is 1. The Morgan fingerprint density at radius 1 is 1.41 bits per heavy atom. The predicted molar refractivity (Wildman–Crippen MR) is 126 cm³/mol. The van der Waals surface area contributed by atoms with Crippen LogP contribution >= 0.6 is 23.1 Å². The van der Waals surface area contributed by atoms with E-state index in [1.165, 1.54) is 36.1 Å². The maximum Gasteiger partial charge on any atom is 0.257 e. The fourth-order valence-electron chi connectivity index (χ4n) is 3.47. The van der Waals surface area contributed by atoms with Crippen LogP contribution in [0.25, 0.3) is 0 Å². The highest BCUT2D eigenvalue weighted by atomic mass is 32.2. The zero-order chi connectivity index (χ0) is 23.4. The third kappa shape index (κ3) is 5.31. The van der Waals surface area contributed by atoms with Gasteiger partial charge in [-0.05, 0) is 37.1 Å². The van der Waals surface area contributed by atoms with Gasteiger partial charge in [-0.25, -0.2) is 4.98 Å². The zero-order valence-electron chi connectivity index (χ0n) is 18.5. The number of methoxy groups -OCH3 is 1. The summed E-state index contributed by atoms with van der Waals surface area (Å²) in [6.07, 6.45) is 3.71. The van der Waals surface area contributed by atoms with Crippen LogP contribution in [0.1, 0.15) is 29.3 Å². The van der Waals surface area contributed by atoms with E-state index in [-0.39, 0.29) is 23.8 Å². The van der Waals surface area contributed by atoms with Crippen LogP contribution in [0.4, 0.5) is 5.13 Å². The van der Waals surface area contributed by atoms with Crippen LogP contribution in [-0.2, 0) is 9.59 Å². The molecule has 10 heteroatoms. The predicted octanol–water partition coefficient (Wildman–Crippen LogP) is 3.43. The lowest BCUT2D eigenvalue weighted by Crippen LogP contribution is -2.40. The number of hydrogen-bond donors (Lipinski definition) is 1. The van der Waals surface area contributed by atoms with Crippen molar-refractivity contribution in [2.75, 3.05) is 32.6 Å². The Kier molecular flexibility index (Phi) is 7.57.